The maximum Gasteiger partial charge on any atom is 0.150 e. The SMILES string of the molecule is CN(C)C1(CO)CCS(=O)(=O)CC1. The Labute approximate surface area is 79.5 Å². The molecule has 0 aromatic carbocycles. The van der Waals surface area contributed by atoms with E-state index in [2.05, 4.69) is 0 Å². The Morgan fingerprint density at radius 3 is 2.08 bits per heavy atom. The van der Waals surface area contributed by atoms with Crippen molar-refractivity contribution in [1.29, 1.82) is 0 Å². The first kappa shape index (κ1) is 10.9. The number of aliphatic hydroxyl groups excluding tert-OH is 1. The van der Waals surface area contributed by atoms with Gasteiger partial charge in [-0.1, -0.05) is 0 Å². The van der Waals surface area contributed by atoms with Gasteiger partial charge in [0, 0.05) is 5.54 Å². The molecule has 0 atom stereocenters. The van der Waals surface area contributed by atoms with E-state index in [-0.39, 0.29) is 23.7 Å². The van der Waals surface area contributed by atoms with Crippen LogP contribution in [-0.2, 0) is 9.84 Å². The maximum atomic E-state index is 11.2. The lowest BCUT2D eigenvalue weighted by atomic mass is 9.92. The predicted octanol–water partition coefficient (Wildman–Crippen LogP) is -0.512. The summed E-state index contributed by atoms with van der Waals surface area (Å²) in [5, 5.41) is 9.25. The van der Waals surface area contributed by atoms with Crippen molar-refractivity contribution in [3.05, 3.63) is 0 Å². The summed E-state index contributed by atoms with van der Waals surface area (Å²) in [6, 6.07) is 0. The molecule has 13 heavy (non-hydrogen) atoms. The van der Waals surface area contributed by atoms with Crippen molar-refractivity contribution in [1.82, 2.24) is 4.90 Å². The summed E-state index contributed by atoms with van der Waals surface area (Å²) in [6.45, 7) is 0.0372. The van der Waals surface area contributed by atoms with E-state index in [1.54, 1.807) is 0 Å². The summed E-state index contributed by atoms with van der Waals surface area (Å²) in [7, 11) is 0.931. The molecule has 0 unspecified atom stereocenters. The lowest BCUT2D eigenvalue weighted by Gasteiger charge is -2.41. The third kappa shape index (κ3) is 2.21. The van der Waals surface area contributed by atoms with E-state index < -0.39 is 9.84 Å². The third-order valence-corrected chi connectivity index (χ3v) is 4.65. The van der Waals surface area contributed by atoms with Crippen LogP contribution in [0.2, 0.25) is 0 Å². The molecule has 78 valence electrons. The highest BCUT2D eigenvalue weighted by atomic mass is 32.2. The smallest absolute Gasteiger partial charge is 0.150 e. The Balaban J connectivity index is 2.75. The Kier molecular flexibility index (Phi) is 2.99. The summed E-state index contributed by atoms with van der Waals surface area (Å²) >= 11 is 0. The molecule has 1 heterocycles. The average Bonchev–Trinajstić information content (AvgIpc) is 2.05. The number of likely N-dealkylation sites (N-methyl/N-ethyl adjacent to an activating group) is 1. The predicted molar refractivity (Wildman–Crippen MR) is 51.4 cm³/mol. The fraction of sp³-hybridized carbons (Fsp3) is 1.00. The van der Waals surface area contributed by atoms with E-state index in [1.165, 1.54) is 0 Å². The Hall–Kier alpha value is -0.130. The summed E-state index contributed by atoms with van der Waals surface area (Å²) in [4.78, 5) is 1.93. The molecule has 0 spiro atoms. The molecule has 1 aliphatic rings. The minimum absolute atomic E-state index is 0.0372. The van der Waals surface area contributed by atoms with E-state index >= 15 is 0 Å². The van der Waals surface area contributed by atoms with Gasteiger partial charge in [-0.15, -0.1) is 0 Å². The number of rotatable bonds is 2. The zero-order valence-electron chi connectivity index (χ0n) is 8.15. The van der Waals surface area contributed by atoms with Crippen LogP contribution in [0.3, 0.4) is 0 Å². The molecule has 0 aliphatic carbocycles. The lowest BCUT2D eigenvalue weighted by Crippen LogP contribution is -2.52. The van der Waals surface area contributed by atoms with Crippen LogP contribution in [0.1, 0.15) is 12.8 Å². The van der Waals surface area contributed by atoms with Gasteiger partial charge in [-0.3, -0.25) is 0 Å². The molecule has 0 amide bonds. The van der Waals surface area contributed by atoms with Gasteiger partial charge in [-0.2, -0.15) is 0 Å². The van der Waals surface area contributed by atoms with Crippen LogP contribution >= 0.6 is 0 Å². The van der Waals surface area contributed by atoms with Crippen LogP contribution in [0.25, 0.3) is 0 Å². The summed E-state index contributed by atoms with van der Waals surface area (Å²) in [6.07, 6.45) is 1.08. The standard InChI is InChI=1S/C8H17NO3S/c1-9(2)8(7-10)3-5-13(11,12)6-4-8/h10H,3-7H2,1-2H3. The summed E-state index contributed by atoms with van der Waals surface area (Å²) < 4.78 is 22.4. The van der Waals surface area contributed by atoms with E-state index in [1.807, 2.05) is 19.0 Å². The summed E-state index contributed by atoms with van der Waals surface area (Å²) in [5.74, 6) is 0.400. The van der Waals surface area contributed by atoms with Crippen molar-refractivity contribution in [3.63, 3.8) is 0 Å². The van der Waals surface area contributed by atoms with Gasteiger partial charge in [-0.05, 0) is 26.9 Å². The molecule has 0 radical (unpaired) electrons. The molecule has 1 saturated heterocycles. The van der Waals surface area contributed by atoms with Gasteiger partial charge < -0.3 is 10.0 Å². The molecule has 1 rings (SSSR count). The van der Waals surface area contributed by atoms with Crippen LogP contribution in [0.5, 0.6) is 0 Å². The van der Waals surface area contributed by atoms with Gasteiger partial charge in [0.2, 0.25) is 0 Å². The van der Waals surface area contributed by atoms with Gasteiger partial charge in [0.1, 0.15) is 9.84 Å². The number of nitrogens with zero attached hydrogens (tertiary/aromatic N) is 1. The fourth-order valence-corrected chi connectivity index (χ4v) is 3.25. The second kappa shape index (κ2) is 3.55. The van der Waals surface area contributed by atoms with Crippen molar-refractivity contribution < 1.29 is 13.5 Å². The zero-order valence-corrected chi connectivity index (χ0v) is 8.97. The summed E-state index contributed by atoms with van der Waals surface area (Å²) in [5.41, 5.74) is -0.314. The molecule has 0 aromatic heterocycles. The number of sulfone groups is 1. The maximum absolute atomic E-state index is 11.2. The first-order valence-corrected chi connectivity index (χ1v) is 6.23. The molecular formula is C8H17NO3S. The second-order valence-electron chi connectivity index (χ2n) is 3.93. The Morgan fingerprint density at radius 1 is 1.31 bits per heavy atom. The highest BCUT2D eigenvalue weighted by Gasteiger charge is 2.38. The Bertz CT molecular complexity index is 257. The van der Waals surface area contributed by atoms with Gasteiger partial charge in [0.25, 0.3) is 0 Å². The van der Waals surface area contributed by atoms with Gasteiger partial charge in [0.15, 0.2) is 0 Å². The average molecular weight is 207 g/mol. The molecule has 5 heteroatoms. The quantitative estimate of drug-likeness (QED) is 0.662. The molecule has 0 saturated carbocycles. The van der Waals surface area contributed by atoms with E-state index in [0.29, 0.717) is 12.8 Å². The normalized spacial score (nSPS) is 26.2. The highest BCUT2D eigenvalue weighted by Crippen LogP contribution is 2.27. The van der Waals surface area contributed by atoms with Crippen LogP contribution in [0.15, 0.2) is 0 Å². The number of aliphatic hydroxyl groups is 1. The Morgan fingerprint density at radius 2 is 1.77 bits per heavy atom. The molecule has 1 fully saturated rings. The highest BCUT2D eigenvalue weighted by molar-refractivity contribution is 7.91. The minimum atomic E-state index is -2.84. The van der Waals surface area contributed by atoms with Gasteiger partial charge in [-0.25, -0.2) is 8.42 Å². The van der Waals surface area contributed by atoms with Crippen molar-refractivity contribution in [3.8, 4) is 0 Å². The van der Waals surface area contributed by atoms with Gasteiger partial charge >= 0.3 is 0 Å². The zero-order chi connectivity index (χ0) is 10.1. The van der Waals surface area contributed by atoms with Crippen LogP contribution in [-0.4, -0.2) is 56.2 Å². The van der Waals surface area contributed by atoms with Crippen LogP contribution < -0.4 is 0 Å². The van der Waals surface area contributed by atoms with Crippen LogP contribution in [0, 0.1) is 0 Å². The third-order valence-electron chi connectivity index (χ3n) is 3.00. The van der Waals surface area contributed by atoms with E-state index in [9.17, 15) is 13.5 Å². The van der Waals surface area contributed by atoms with Crippen molar-refractivity contribution in [2.75, 3.05) is 32.2 Å². The molecule has 0 aromatic rings. The molecule has 4 nitrogen and oxygen atoms in total. The first-order valence-electron chi connectivity index (χ1n) is 4.41. The molecular weight excluding hydrogens is 190 g/mol. The first-order chi connectivity index (χ1) is 5.92. The largest absolute Gasteiger partial charge is 0.394 e. The second-order valence-corrected chi connectivity index (χ2v) is 6.23. The van der Waals surface area contributed by atoms with Crippen molar-refractivity contribution >= 4 is 9.84 Å². The molecule has 1 aliphatic heterocycles. The number of hydrogen-bond acceptors (Lipinski definition) is 4. The van der Waals surface area contributed by atoms with Gasteiger partial charge in [0.05, 0.1) is 18.1 Å². The fourth-order valence-electron chi connectivity index (χ4n) is 1.66. The number of hydrogen-bond donors (Lipinski definition) is 1. The molecule has 0 bridgehead atoms. The van der Waals surface area contributed by atoms with E-state index in [4.69, 9.17) is 0 Å². The van der Waals surface area contributed by atoms with Crippen LogP contribution in [0.4, 0.5) is 0 Å². The van der Waals surface area contributed by atoms with Crippen molar-refractivity contribution in [2.24, 2.45) is 0 Å². The van der Waals surface area contributed by atoms with E-state index in [0.717, 1.165) is 0 Å². The monoisotopic (exact) mass is 207 g/mol. The van der Waals surface area contributed by atoms with Crippen molar-refractivity contribution in [2.45, 2.75) is 18.4 Å². The molecule has 1 N–H and O–H groups in total. The minimum Gasteiger partial charge on any atom is -0.394 e. The topological polar surface area (TPSA) is 57.6 Å². The lowest BCUT2D eigenvalue weighted by molar-refractivity contribution is 0.0593.